The lowest BCUT2D eigenvalue weighted by Crippen LogP contribution is -2.48. The highest BCUT2D eigenvalue weighted by Crippen LogP contribution is 2.60. The second kappa shape index (κ2) is 8.72. The molecule has 0 unspecified atom stereocenters. The summed E-state index contributed by atoms with van der Waals surface area (Å²) in [5.41, 5.74) is 1.80. The Kier molecular flexibility index (Phi) is 5.61. The van der Waals surface area contributed by atoms with Gasteiger partial charge in [-0.15, -0.1) is 0 Å². The molecule has 4 aliphatic rings. The summed E-state index contributed by atoms with van der Waals surface area (Å²) in [5, 5.41) is 0. The van der Waals surface area contributed by atoms with Crippen LogP contribution in [-0.2, 0) is 22.2 Å². The molecule has 0 aliphatic heterocycles. The Labute approximate surface area is 195 Å². The van der Waals surface area contributed by atoms with Crippen molar-refractivity contribution in [3.8, 4) is 0 Å². The molecule has 1 nitrogen and oxygen atoms in total. The van der Waals surface area contributed by atoms with Crippen molar-refractivity contribution in [2.45, 2.75) is 59.8 Å². The molecular formula is C30H33OS+. The lowest BCUT2D eigenvalue weighted by molar-refractivity contribution is -0.0994. The highest BCUT2D eigenvalue weighted by molar-refractivity contribution is 7.97. The van der Waals surface area contributed by atoms with Gasteiger partial charge in [0, 0.05) is 0 Å². The van der Waals surface area contributed by atoms with E-state index in [-0.39, 0.29) is 10.9 Å². The van der Waals surface area contributed by atoms with Gasteiger partial charge in [-0.3, -0.25) is 0 Å². The van der Waals surface area contributed by atoms with Gasteiger partial charge in [-0.2, -0.15) is 0 Å². The standard InChI is InChI=1S/C30H33OS/c1-3-7-27(8-4-1)32(28-9-5-2-6-10-28)29-13-11-23(12-14-29)21-31-22-30-18-24-15-25(19-30)17-26(16-24)20-30/h1-14,24-26H,15-22H2/q+1. The molecule has 2 heteroatoms. The number of benzene rings is 3. The van der Waals surface area contributed by atoms with Gasteiger partial charge in [-0.25, -0.2) is 0 Å². The molecule has 32 heavy (non-hydrogen) atoms. The molecule has 3 aromatic carbocycles. The predicted octanol–water partition coefficient (Wildman–Crippen LogP) is 7.52. The fourth-order valence-electron chi connectivity index (χ4n) is 7.10. The van der Waals surface area contributed by atoms with Crippen LogP contribution >= 0.6 is 0 Å². The maximum absolute atomic E-state index is 6.38. The van der Waals surface area contributed by atoms with Crippen molar-refractivity contribution in [1.29, 1.82) is 0 Å². The van der Waals surface area contributed by atoms with Crippen molar-refractivity contribution in [3.63, 3.8) is 0 Å². The summed E-state index contributed by atoms with van der Waals surface area (Å²) in [6, 6.07) is 30.9. The van der Waals surface area contributed by atoms with Crippen molar-refractivity contribution in [1.82, 2.24) is 0 Å². The topological polar surface area (TPSA) is 9.23 Å². The molecule has 0 saturated heterocycles. The SMILES string of the molecule is c1ccc([S+](c2ccccc2)c2ccc(COCC34CC5CC(CC(C5)C3)C4)cc2)cc1. The number of hydrogen-bond acceptors (Lipinski definition) is 1. The van der Waals surface area contributed by atoms with Gasteiger partial charge in [0.1, 0.15) is 0 Å². The first-order valence-corrected chi connectivity index (χ1v) is 13.5. The van der Waals surface area contributed by atoms with E-state index in [1.54, 1.807) is 0 Å². The molecule has 0 amide bonds. The minimum atomic E-state index is -0.0771. The van der Waals surface area contributed by atoms with Gasteiger partial charge in [-0.1, -0.05) is 48.5 Å². The zero-order valence-electron chi connectivity index (χ0n) is 18.8. The third-order valence-electron chi connectivity index (χ3n) is 7.96. The first-order valence-electron chi connectivity index (χ1n) is 12.3. The lowest BCUT2D eigenvalue weighted by atomic mass is 9.50. The number of hydrogen-bond donors (Lipinski definition) is 0. The third-order valence-corrected chi connectivity index (χ3v) is 10.2. The van der Waals surface area contributed by atoms with Gasteiger partial charge in [-0.05, 0) is 104 Å². The van der Waals surface area contributed by atoms with Gasteiger partial charge in [0.2, 0.25) is 0 Å². The molecule has 0 atom stereocenters. The van der Waals surface area contributed by atoms with E-state index >= 15 is 0 Å². The monoisotopic (exact) mass is 441 g/mol. The molecule has 7 rings (SSSR count). The van der Waals surface area contributed by atoms with Crippen molar-refractivity contribution in [3.05, 3.63) is 90.5 Å². The molecule has 4 bridgehead atoms. The number of ether oxygens (including phenoxy) is 1. The van der Waals surface area contributed by atoms with Gasteiger partial charge in [0.05, 0.1) is 24.1 Å². The molecule has 0 aromatic heterocycles. The highest BCUT2D eigenvalue weighted by Gasteiger charge is 2.50. The lowest BCUT2D eigenvalue weighted by Gasteiger charge is -2.56. The van der Waals surface area contributed by atoms with Gasteiger partial charge < -0.3 is 4.74 Å². The minimum Gasteiger partial charge on any atom is -0.376 e. The fraction of sp³-hybridized carbons (Fsp3) is 0.400. The van der Waals surface area contributed by atoms with Crippen LogP contribution < -0.4 is 0 Å². The molecule has 0 radical (unpaired) electrons. The van der Waals surface area contributed by atoms with Crippen LogP contribution in [0.3, 0.4) is 0 Å². The fourth-order valence-corrected chi connectivity index (χ4v) is 9.18. The maximum atomic E-state index is 6.38. The summed E-state index contributed by atoms with van der Waals surface area (Å²) in [6.45, 7) is 1.71. The summed E-state index contributed by atoms with van der Waals surface area (Å²) in [6.07, 6.45) is 8.79. The quantitative estimate of drug-likeness (QED) is 0.345. The Balaban J connectivity index is 1.14. The van der Waals surface area contributed by atoms with E-state index in [9.17, 15) is 0 Å². The first kappa shape index (κ1) is 20.6. The van der Waals surface area contributed by atoms with E-state index < -0.39 is 0 Å². The molecular weight excluding hydrogens is 408 g/mol. The van der Waals surface area contributed by atoms with Crippen molar-refractivity contribution in [2.75, 3.05) is 6.61 Å². The molecule has 4 aliphatic carbocycles. The van der Waals surface area contributed by atoms with E-state index in [0.29, 0.717) is 5.41 Å². The summed E-state index contributed by atoms with van der Waals surface area (Å²) in [5.74, 6) is 2.99. The van der Waals surface area contributed by atoms with Crippen LogP contribution in [0.5, 0.6) is 0 Å². The van der Waals surface area contributed by atoms with Crippen molar-refractivity contribution in [2.24, 2.45) is 23.2 Å². The molecule has 0 spiro atoms. The second-order valence-corrected chi connectivity index (χ2v) is 12.5. The predicted molar refractivity (Wildman–Crippen MR) is 132 cm³/mol. The zero-order valence-corrected chi connectivity index (χ0v) is 19.6. The van der Waals surface area contributed by atoms with Crippen LogP contribution in [0.15, 0.2) is 99.6 Å². The van der Waals surface area contributed by atoms with Crippen molar-refractivity contribution >= 4 is 10.9 Å². The smallest absolute Gasteiger partial charge is 0.166 e. The Morgan fingerprint density at radius 1 is 0.625 bits per heavy atom. The van der Waals surface area contributed by atoms with Gasteiger partial charge >= 0.3 is 0 Å². The summed E-state index contributed by atoms with van der Waals surface area (Å²) < 4.78 is 6.38. The zero-order chi connectivity index (χ0) is 21.4. The first-order chi connectivity index (χ1) is 15.8. The number of rotatable bonds is 7. The molecule has 4 saturated carbocycles. The maximum Gasteiger partial charge on any atom is 0.166 e. The van der Waals surface area contributed by atoms with Crippen LogP contribution in [0.1, 0.15) is 44.1 Å². The van der Waals surface area contributed by atoms with Crippen LogP contribution in [0, 0.1) is 23.2 Å². The normalized spacial score (nSPS) is 28.3. The average Bonchev–Trinajstić information content (AvgIpc) is 2.81. The van der Waals surface area contributed by atoms with E-state index in [2.05, 4.69) is 84.9 Å². The minimum absolute atomic E-state index is 0.0771. The van der Waals surface area contributed by atoms with Gasteiger partial charge in [0.25, 0.3) is 0 Å². The van der Waals surface area contributed by atoms with Crippen LogP contribution in [-0.4, -0.2) is 6.61 Å². The molecule has 0 heterocycles. The second-order valence-electron chi connectivity index (χ2n) is 10.5. The van der Waals surface area contributed by atoms with E-state index in [0.717, 1.165) is 31.0 Å². The van der Waals surface area contributed by atoms with Crippen LogP contribution in [0.2, 0.25) is 0 Å². The molecule has 3 aromatic rings. The average molecular weight is 442 g/mol. The Morgan fingerprint density at radius 3 is 1.59 bits per heavy atom. The summed E-state index contributed by atoms with van der Waals surface area (Å²) >= 11 is 0. The van der Waals surface area contributed by atoms with E-state index in [4.69, 9.17) is 4.74 Å². The highest BCUT2D eigenvalue weighted by atomic mass is 32.2. The summed E-state index contributed by atoms with van der Waals surface area (Å²) in [7, 11) is -0.0771. The largest absolute Gasteiger partial charge is 0.376 e. The van der Waals surface area contributed by atoms with Crippen LogP contribution in [0.25, 0.3) is 0 Å². The van der Waals surface area contributed by atoms with Crippen LogP contribution in [0.4, 0.5) is 0 Å². The van der Waals surface area contributed by atoms with E-state index in [1.807, 2.05) is 0 Å². The Bertz CT molecular complexity index is 953. The Hall–Kier alpha value is -2.03. The van der Waals surface area contributed by atoms with Gasteiger partial charge in [0.15, 0.2) is 14.7 Å². The molecule has 0 N–H and O–H groups in total. The summed E-state index contributed by atoms with van der Waals surface area (Å²) in [4.78, 5) is 4.10. The molecule has 4 fully saturated rings. The third kappa shape index (κ3) is 4.16. The van der Waals surface area contributed by atoms with Crippen molar-refractivity contribution < 1.29 is 4.74 Å². The van der Waals surface area contributed by atoms with E-state index in [1.165, 1.54) is 58.8 Å². The Morgan fingerprint density at radius 2 is 1.09 bits per heavy atom. The molecule has 164 valence electrons.